The highest BCUT2D eigenvalue weighted by Crippen LogP contribution is 2.32. The third-order valence-corrected chi connectivity index (χ3v) is 6.43. The number of hydrogen-bond acceptors (Lipinski definition) is 5. The Kier molecular flexibility index (Phi) is 4.31. The summed E-state index contributed by atoms with van der Waals surface area (Å²) in [4.78, 5) is 16.4. The topological polar surface area (TPSA) is 105 Å². The Morgan fingerprint density at radius 2 is 1.96 bits per heavy atom. The summed E-state index contributed by atoms with van der Waals surface area (Å²) in [6.45, 7) is 0.366. The number of aromatic hydroxyl groups is 1. The van der Waals surface area contributed by atoms with Gasteiger partial charge in [-0.15, -0.1) is 0 Å². The molecule has 0 radical (unpaired) electrons. The van der Waals surface area contributed by atoms with Crippen molar-refractivity contribution in [1.29, 1.82) is 0 Å². The maximum atomic E-state index is 13.1. The quantitative estimate of drug-likeness (QED) is 0.701. The van der Waals surface area contributed by atoms with E-state index in [1.54, 1.807) is 19.2 Å². The van der Waals surface area contributed by atoms with Crippen LogP contribution in [0.2, 0.25) is 0 Å². The minimum absolute atomic E-state index is 0.0412. The van der Waals surface area contributed by atoms with Gasteiger partial charge >= 0.3 is 0 Å². The Bertz CT molecular complexity index is 1170. The molecule has 2 heterocycles. The fourth-order valence-corrected chi connectivity index (χ4v) is 4.77. The van der Waals surface area contributed by atoms with Crippen LogP contribution in [0.3, 0.4) is 0 Å². The van der Waals surface area contributed by atoms with Crippen molar-refractivity contribution in [2.75, 3.05) is 16.2 Å². The Balaban J connectivity index is 1.63. The zero-order valence-corrected chi connectivity index (χ0v) is 15.8. The Hall–Kier alpha value is -3.33. The molecule has 1 aliphatic rings. The summed E-state index contributed by atoms with van der Waals surface area (Å²) in [5, 5.41) is 12.0. The normalized spacial score (nSPS) is 13.4. The van der Waals surface area contributed by atoms with Crippen molar-refractivity contribution in [1.82, 2.24) is 9.55 Å². The number of benzene rings is 2. The predicted octanol–water partition coefficient (Wildman–Crippen LogP) is 2.13. The number of rotatable bonds is 4. The molecule has 144 valence electrons. The molecule has 1 amide bonds. The van der Waals surface area contributed by atoms with Crippen LogP contribution in [-0.4, -0.2) is 35.5 Å². The SMILES string of the molecule is Cn1cc(O)nc1NC(=O)c1cccc(S(=O)(=O)N2CCc3ccccc32)c1. The van der Waals surface area contributed by atoms with E-state index in [4.69, 9.17) is 0 Å². The number of carbonyl (C=O) groups is 1. The van der Waals surface area contributed by atoms with Gasteiger partial charge in [-0.1, -0.05) is 24.3 Å². The molecule has 8 nitrogen and oxygen atoms in total. The van der Waals surface area contributed by atoms with Gasteiger partial charge in [0.05, 0.1) is 16.8 Å². The maximum Gasteiger partial charge on any atom is 0.264 e. The molecule has 0 unspecified atom stereocenters. The summed E-state index contributed by atoms with van der Waals surface area (Å²) in [6.07, 6.45) is 2.00. The lowest BCUT2D eigenvalue weighted by molar-refractivity contribution is 0.102. The third kappa shape index (κ3) is 3.09. The van der Waals surface area contributed by atoms with Gasteiger partial charge in [0.25, 0.3) is 15.9 Å². The zero-order chi connectivity index (χ0) is 19.9. The number of anilines is 2. The molecule has 0 spiro atoms. The first kappa shape index (κ1) is 18.1. The number of imidazole rings is 1. The van der Waals surface area contributed by atoms with Crippen LogP contribution in [0.5, 0.6) is 5.88 Å². The fourth-order valence-electron chi connectivity index (χ4n) is 3.22. The van der Waals surface area contributed by atoms with E-state index in [-0.39, 0.29) is 22.3 Å². The first-order valence-corrected chi connectivity index (χ1v) is 10.0. The van der Waals surface area contributed by atoms with E-state index in [0.29, 0.717) is 18.7 Å². The van der Waals surface area contributed by atoms with Gasteiger partial charge in [0.1, 0.15) is 0 Å². The van der Waals surface area contributed by atoms with Crippen LogP contribution < -0.4 is 9.62 Å². The van der Waals surface area contributed by atoms with Crippen LogP contribution in [0.15, 0.2) is 59.6 Å². The number of sulfonamides is 1. The average Bonchev–Trinajstić information content (AvgIpc) is 3.25. The number of aromatic nitrogens is 2. The van der Waals surface area contributed by atoms with E-state index in [1.165, 1.54) is 39.3 Å². The molecule has 0 saturated heterocycles. The number of aryl methyl sites for hydroxylation is 1. The van der Waals surface area contributed by atoms with Crippen molar-refractivity contribution in [2.45, 2.75) is 11.3 Å². The van der Waals surface area contributed by atoms with Crippen molar-refractivity contribution in [3.8, 4) is 5.88 Å². The minimum atomic E-state index is -3.79. The molecule has 1 aliphatic heterocycles. The van der Waals surface area contributed by atoms with Crippen molar-refractivity contribution in [2.24, 2.45) is 7.05 Å². The minimum Gasteiger partial charge on any atom is -0.492 e. The summed E-state index contributed by atoms with van der Waals surface area (Å²) in [5.74, 6) is -0.585. The second-order valence-electron chi connectivity index (χ2n) is 6.47. The number of carbonyl (C=O) groups excluding carboxylic acids is 1. The fraction of sp³-hybridized carbons (Fsp3) is 0.158. The van der Waals surface area contributed by atoms with Crippen molar-refractivity contribution < 1.29 is 18.3 Å². The van der Waals surface area contributed by atoms with Gasteiger partial charge in [-0.05, 0) is 36.2 Å². The Morgan fingerprint density at radius 1 is 1.18 bits per heavy atom. The lowest BCUT2D eigenvalue weighted by Crippen LogP contribution is -2.29. The first-order valence-electron chi connectivity index (χ1n) is 8.60. The molecule has 0 aliphatic carbocycles. The lowest BCUT2D eigenvalue weighted by atomic mass is 10.2. The molecule has 0 fully saturated rings. The first-order chi connectivity index (χ1) is 13.4. The van der Waals surface area contributed by atoms with E-state index in [2.05, 4.69) is 10.3 Å². The summed E-state index contributed by atoms with van der Waals surface area (Å²) < 4.78 is 29.1. The summed E-state index contributed by atoms with van der Waals surface area (Å²) in [6, 6.07) is 13.2. The van der Waals surface area contributed by atoms with Crippen LogP contribution in [-0.2, 0) is 23.5 Å². The number of nitrogens with one attached hydrogen (secondary N) is 1. The maximum absolute atomic E-state index is 13.1. The molecule has 1 aromatic heterocycles. The van der Waals surface area contributed by atoms with Gasteiger partial charge in [-0.3, -0.25) is 14.4 Å². The van der Waals surface area contributed by atoms with Crippen LogP contribution in [0.1, 0.15) is 15.9 Å². The molecule has 2 N–H and O–H groups in total. The van der Waals surface area contributed by atoms with Gasteiger partial charge in [0.15, 0.2) is 0 Å². The van der Waals surface area contributed by atoms with Crippen LogP contribution >= 0.6 is 0 Å². The van der Waals surface area contributed by atoms with Crippen LogP contribution in [0.25, 0.3) is 0 Å². The number of amides is 1. The van der Waals surface area contributed by atoms with Crippen molar-refractivity contribution >= 4 is 27.6 Å². The Morgan fingerprint density at radius 3 is 2.71 bits per heavy atom. The number of fused-ring (bicyclic) bond motifs is 1. The van der Waals surface area contributed by atoms with E-state index in [0.717, 1.165) is 5.56 Å². The van der Waals surface area contributed by atoms with E-state index in [9.17, 15) is 18.3 Å². The molecule has 2 aromatic carbocycles. The summed E-state index contributed by atoms with van der Waals surface area (Å²) in [5.41, 5.74) is 1.83. The van der Waals surface area contributed by atoms with Gasteiger partial charge in [0, 0.05) is 19.2 Å². The predicted molar refractivity (Wildman–Crippen MR) is 104 cm³/mol. The largest absolute Gasteiger partial charge is 0.492 e. The smallest absolute Gasteiger partial charge is 0.264 e. The van der Waals surface area contributed by atoms with Gasteiger partial charge < -0.3 is 9.67 Å². The van der Waals surface area contributed by atoms with E-state index in [1.807, 2.05) is 12.1 Å². The second-order valence-corrected chi connectivity index (χ2v) is 8.33. The summed E-state index contributed by atoms with van der Waals surface area (Å²) in [7, 11) is -2.17. The molecule has 9 heteroatoms. The molecule has 3 aromatic rings. The van der Waals surface area contributed by atoms with Crippen LogP contribution in [0, 0.1) is 0 Å². The van der Waals surface area contributed by atoms with Gasteiger partial charge in [0.2, 0.25) is 11.8 Å². The Labute approximate surface area is 162 Å². The third-order valence-electron chi connectivity index (χ3n) is 4.62. The van der Waals surface area contributed by atoms with Gasteiger partial charge in [-0.2, -0.15) is 4.98 Å². The van der Waals surface area contributed by atoms with E-state index < -0.39 is 15.9 Å². The molecule has 0 atom stereocenters. The highest BCUT2D eigenvalue weighted by molar-refractivity contribution is 7.92. The number of nitrogens with zero attached hydrogens (tertiary/aromatic N) is 3. The zero-order valence-electron chi connectivity index (χ0n) is 15.0. The number of hydrogen-bond donors (Lipinski definition) is 2. The monoisotopic (exact) mass is 398 g/mol. The van der Waals surface area contributed by atoms with Crippen LogP contribution in [0.4, 0.5) is 11.6 Å². The lowest BCUT2D eigenvalue weighted by Gasteiger charge is -2.19. The highest BCUT2D eigenvalue weighted by Gasteiger charge is 2.31. The molecule has 28 heavy (non-hydrogen) atoms. The number of para-hydroxylation sites is 1. The summed E-state index contributed by atoms with van der Waals surface area (Å²) >= 11 is 0. The molecular weight excluding hydrogens is 380 g/mol. The van der Waals surface area contributed by atoms with Crippen molar-refractivity contribution in [3.05, 3.63) is 65.9 Å². The average molecular weight is 398 g/mol. The van der Waals surface area contributed by atoms with E-state index >= 15 is 0 Å². The molecule has 0 saturated carbocycles. The molecular formula is C19H18N4O4S. The molecule has 4 rings (SSSR count). The van der Waals surface area contributed by atoms with Crippen molar-refractivity contribution in [3.63, 3.8) is 0 Å². The molecule has 0 bridgehead atoms. The second kappa shape index (κ2) is 6.68. The highest BCUT2D eigenvalue weighted by atomic mass is 32.2. The van der Waals surface area contributed by atoms with Gasteiger partial charge in [-0.25, -0.2) is 8.42 Å². The standard InChI is InChI=1S/C19H18N4O4S/c1-22-12-17(24)20-19(22)21-18(25)14-6-4-7-15(11-14)28(26,27)23-10-9-13-5-2-3-8-16(13)23/h2-8,11-12,24H,9-10H2,1H3,(H,20,21,25).